The van der Waals surface area contributed by atoms with Crippen LogP contribution < -0.4 is 0 Å². The van der Waals surface area contributed by atoms with Crippen LogP contribution in [0.4, 0.5) is 0 Å². The lowest BCUT2D eigenvalue weighted by Crippen LogP contribution is -2.32. The lowest BCUT2D eigenvalue weighted by molar-refractivity contribution is 0.0690. The Balaban J connectivity index is 3.12. The van der Waals surface area contributed by atoms with Gasteiger partial charge in [-0.05, 0) is 26.3 Å². The van der Waals surface area contributed by atoms with Gasteiger partial charge in [0.1, 0.15) is 5.69 Å². The molecule has 0 saturated carbocycles. The number of aromatic amines is 1. The van der Waals surface area contributed by atoms with Crippen molar-refractivity contribution in [1.82, 2.24) is 9.88 Å². The second kappa shape index (κ2) is 6.05. The number of H-pyrrole nitrogens is 1. The van der Waals surface area contributed by atoms with Crippen molar-refractivity contribution in [3.05, 3.63) is 22.5 Å². The van der Waals surface area contributed by atoms with E-state index in [-0.39, 0.29) is 18.0 Å². The second-order valence-electron chi connectivity index (χ2n) is 4.22. The van der Waals surface area contributed by atoms with Crippen LogP contribution in [-0.4, -0.2) is 40.0 Å². The molecule has 1 amide bonds. The Morgan fingerprint density at radius 3 is 2.47 bits per heavy atom. The number of amides is 1. The van der Waals surface area contributed by atoms with Crippen molar-refractivity contribution in [2.24, 2.45) is 0 Å². The van der Waals surface area contributed by atoms with E-state index in [2.05, 4.69) is 4.98 Å². The Bertz CT molecular complexity index is 540. The second-order valence-corrected chi connectivity index (χ2v) is 4.22. The molecule has 6 nitrogen and oxygen atoms in total. The minimum Gasteiger partial charge on any atom is -0.477 e. The molecule has 0 bridgehead atoms. The van der Waals surface area contributed by atoms with Crippen LogP contribution in [-0.2, 0) is 0 Å². The van der Waals surface area contributed by atoms with E-state index in [1.165, 1.54) is 4.90 Å². The molecule has 1 heterocycles. The van der Waals surface area contributed by atoms with Gasteiger partial charge >= 0.3 is 5.97 Å². The van der Waals surface area contributed by atoms with Gasteiger partial charge in [-0.25, -0.2) is 4.79 Å². The molecule has 0 unspecified atom stereocenters. The monoisotopic (exact) mass is 263 g/mol. The number of carboxylic acids is 1. The number of carboxylic acid groups (broad SMARTS) is 1. The zero-order chi connectivity index (χ0) is 14.6. The molecule has 1 rings (SSSR count). The highest BCUT2D eigenvalue weighted by Crippen LogP contribution is 2.20. The van der Waals surface area contributed by atoms with Crippen LogP contribution in [0, 0.1) is 25.2 Å². The van der Waals surface area contributed by atoms with Crippen molar-refractivity contribution in [2.45, 2.75) is 27.2 Å². The van der Waals surface area contributed by atoms with Crippen LogP contribution in [0.2, 0.25) is 0 Å². The molecule has 0 spiro atoms. The van der Waals surface area contributed by atoms with E-state index in [9.17, 15) is 9.59 Å². The molecular weight excluding hydrogens is 246 g/mol. The van der Waals surface area contributed by atoms with E-state index in [1.807, 2.05) is 13.0 Å². The number of hydrogen-bond acceptors (Lipinski definition) is 3. The van der Waals surface area contributed by atoms with Gasteiger partial charge in [0.25, 0.3) is 5.91 Å². The number of aromatic carboxylic acids is 1. The third-order valence-corrected chi connectivity index (χ3v) is 3.03. The molecule has 19 heavy (non-hydrogen) atoms. The summed E-state index contributed by atoms with van der Waals surface area (Å²) >= 11 is 0. The van der Waals surface area contributed by atoms with Crippen LogP contribution >= 0.6 is 0 Å². The third kappa shape index (κ3) is 2.94. The Morgan fingerprint density at radius 1 is 1.42 bits per heavy atom. The number of aromatic nitrogens is 1. The van der Waals surface area contributed by atoms with Gasteiger partial charge in [0.05, 0.1) is 18.1 Å². The summed E-state index contributed by atoms with van der Waals surface area (Å²) in [6, 6.07) is 2.00. The van der Waals surface area contributed by atoms with Crippen LogP contribution in [0.15, 0.2) is 0 Å². The third-order valence-electron chi connectivity index (χ3n) is 3.03. The first-order chi connectivity index (χ1) is 8.93. The van der Waals surface area contributed by atoms with E-state index in [4.69, 9.17) is 10.4 Å². The maximum Gasteiger partial charge on any atom is 0.352 e. The SMILES string of the molecule is CCN(CCC#N)C(=O)c1c(C)[nH]c(C(=O)O)c1C. The first-order valence-corrected chi connectivity index (χ1v) is 6.02. The summed E-state index contributed by atoms with van der Waals surface area (Å²) in [6.07, 6.45) is 0.258. The van der Waals surface area contributed by atoms with E-state index in [1.54, 1.807) is 13.8 Å². The number of rotatable bonds is 5. The Labute approximate surface area is 111 Å². The Morgan fingerprint density at radius 2 is 2.05 bits per heavy atom. The fraction of sp³-hybridized carbons (Fsp3) is 0.462. The predicted octanol–water partition coefficient (Wildman–Crippen LogP) is 1.71. The van der Waals surface area contributed by atoms with E-state index in [0.29, 0.717) is 29.9 Å². The highest BCUT2D eigenvalue weighted by Gasteiger charge is 2.24. The van der Waals surface area contributed by atoms with E-state index >= 15 is 0 Å². The summed E-state index contributed by atoms with van der Waals surface area (Å²) in [5.74, 6) is -1.32. The molecule has 0 aliphatic heterocycles. The zero-order valence-electron chi connectivity index (χ0n) is 11.3. The van der Waals surface area contributed by atoms with Gasteiger partial charge in [-0.2, -0.15) is 5.26 Å². The van der Waals surface area contributed by atoms with Crippen molar-refractivity contribution < 1.29 is 14.7 Å². The van der Waals surface area contributed by atoms with Gasteiger partial charge in [0, 0.05) is 18.8 Å². The van der Waals surface area contributed by atoms with Crippen LogP contribution in [0.1, 0.15) is 45.4 Å². The molecule has 1 aromatic heterocycles. The number of carbonyl (C=O) groups is 2. The first-order valence-electron chi connectivity index (χ1n) is 6.02. The molecule has 2 N–H and O–H groups in total. The van der Waals surface area contributed by atoms with Gasteiger partial charge < -0.3 is 15.0 Å². The molecule has 0 radical (unpaired) electrons. The summed E-state index contributed by atoms with van der Waals surface area (Å²) in [5, 5.41) is 17.6. The molecule has 0 atom stereocenters. The number of carbonyl (C=O) groups excluding carboxylic acids is 1. The molecule has 1 aromatic rings. The van der Waals surface area contributed by atoms with Crippen molar-refractivity contribution in [2.75, 3.05) is 13.1 Å². The fourth-order valence-corrected chi connectivity index (χ4v) is 2.03. The normalized spacial score (nSPS) is 10.0. The predicted molar refractivity (Wildman–Crippen MR) is 69.0 cm³/mol. The van der Waals surface area contributed by atoms with Gasteiger partial charge in [0.2, 0.25) is 0 Å². The molecule has 0 aliphatic rings. The summed E-state index contributed by atoms with van der Waals surface area (Å²) in [5.41, 5.74) is 1.40. The molecule has 6 heteroatoms. The first kappa shape index (κ1) is 14.8. The quantitative estimate of drug-likeness (QED) is 0.844. The highest BCUT2D eigenvalue weighted by atomic mass is 16.4. The summed E-state index contributed by atoms with van der Waals surface area (Å²) in [6.45, 7) is 5.93. The standard InChI is InChI=1S/C13H17N3O3/c1-4-16(7-5-6-14)12(17)10-8(2)11(13(18)19)15-9(10)3/h15H,4-5,7H2,1-3H3,(H,18,19). The average molecular weight is 263 g/mol. The fourth-order valence-electron chi connectivity index (χ4n) is 2.03. The van der Waals surface area contributed by atoms with Gasteiger partial charge in [-0.15, -0.1) is 0 Å². The molecular formula is C13H17N3O3. The zero-order valence-corrected chi connectivity index (χ0v) is 11.3. The maximum absolute atomic E-state index is 12.4. The molecule has 0 saturated heterocycles. The Kier molecular flexibility index (Phi) is 4.70. The van der Waals surface area contributed by atoms with Gasteiger partial charge in [-0.1, -0.05) is 0 Å². The lowest BCUT2D eigenvalue weighted by atomic mass is 10.1. The van der Waals surface area contributed by atoms with Gasteiger partial charge in [0.15, 0.2) is 0 Å². The van der Waals surface area contributed by atoms with Crippen LogP contribution in [0.5, 0.6) is 0 Å². The number of nitrogens with zero attached hydrogens (tertiary/aromatic N) is 2. The molecule has 0 aromatic carbocycles. The largest absolute Gasteiger partial charge is 0.477 e. The number of nitrogens with one attached hydrogen (secondary N) is 1. The van der Waals surface area contributed by atoms with E-state index in [0.717, 1.165) is 0 Å². The molecule has 0 fully saturated rings. The minimum absolute atomic E-state index is 0.0391. The summed E-state index contributed by atoms with van der Waals surface area (Å²) in [4.78, 5) is 27.6. The average Bonchev–Trinajstić information content (AvgIpc) is 2.65. The maximum atomic E-state index is 12.4. The number of nitriles is 1. The van der Waals surface area contributed by atoms with Gasteiger partial charge in [-0.3, -0.25) is 4.79 Å². The Hall–Kier alpha value is -2.29. The number of hydrogen-bond donors (Lipinski definition) is 2. The van der Waals surface area contributed by atoms with Crippen LogP contribution in [0.3, 0.4) is 0 Å². The summed E-state index contributed by atoms with van der Waals surface area (Å²) in [7, 11) is 0. The van der Waals surface area contributed by atoms with Crippen LogP contribution in [0.25, 0.3) is 0 Å². The highest BCUT2D eigenvalue weighted by molar-refractivity contribution is 6.00. The summed E-state index contributed by atoms with van der Waals surface area (Å²) < 4.78 is 0. The van der Waals surface area contributed by atoms with Crippen molar-refractivity contribution in [3.8, 4) is 6.07 Å². The topological polar surface area (TPSA) is 97.2 Å². The molecule has 102 valence electrons. The molecule has 0 aliphatic carbocycles. The lowest BCUT2D eigenvalue weighted by Gasteiger charge is -2.19. The van der Waals surface area contributed by atoms with Crippen molar-refractivity contribution in [3.63, 3.8) is 0 Å². The van der Waals surface area contributed by atoms with Crippen molar-refractivity contribution in [1.29, 1.82) is 5.26 Å². The van der Waals surface area contributed by atoms with E-state index < -0.39 is 5.97 Å². The smallest absolute Gasteiger partial charge is 0.352 e. The minimum atomic E-state index is -1.08. The number of aryl methyl sites for hydroxylation is 1. The van der Waals surface area contributed by atoms with Crippen molar-refractivity contribution >= 4 is 11.9 Å².